The van der Waals surface area contributed by atoms with Crippen LogP contribution in [-0.4, -0.2) is 52.6 Å². The maximum absolute atomic E-state index is 13.6. The summed E-state index contributed by atoms with van der Waals surface area (Å²) in [6.07, 6.45) is 2.54. The molecule has 2 aromatic carbocycles. The van der Waals surface area contributed by atoms with Crippen LogP contribution in [0.5, 0.6) is 0 Å². The topological polar surface area (TPSA) is 66.8 Å². The molecule has 0 fully saturated rings. The zero-order valence-electron chi connectivity index (χ0n) is 20.6. The van der Waals surface area contributed by atoms with Crippen LogP contribution >= 0.6 is 23.2 Å². The number of carbonyl (C=O) groups is 2. The summed E-state index contributed by atoms with van der Waals surface area (Å²) in [5.41, 5.74) is 2.44. The van der Waals surface area contributed by atoms with Gasteiger partial charge in [0.05, 0.1) is 17.3 Å². The van der Waals surface area contributed by atoms with E-state index in [9.17, 15) is 9.59 Å². The van der Waals surface area contributed by atoms with Gasteiger partial charge in [-0.3, -0.25) is 4.79 Å². The Labute approximate surface area is 222 Å². The van der Waals surface area contributed by atoms with Crippen LogP contribution in [0.15, 0.2) is 66.9 Å². The van der Waals surface area contributed by atoms with Crippen molar-refractivity contribution in [3.8, 4) is 0 Å². The monoisotopic (exact) mass is 530 g/mol. The van der Waals surface area contributed by atoms with Gasteiger partial charge in [-0.15, -0.1) is 0 Å². The van der Waals surface area contributed by atoms with E-state index >= 15 is 0 Å². The number of hydrogen-bond donors (Lipinski definition) is 1. The molecule has 192 valence electrons. The number of carbonyl (C=O) groups excluding carboxylic acids is 2. The fourth-order valence-corrected chi connectivity index (χ4v) is 4.15. The summed E-state index contributed by atoms with van der Waals surface area (Å²) >= 11 is 12.2. The van der Waals surface area contributed by atoms with Crippen molar-refractivity contribution in [1.82, 2.24) is 14.4 Å². The van der Waals surface area contributed by atoms with Crippen LogP contribution in [-0.2, 0) is 29.7 Å². The molecule has 0 bridgehead atoms. The van der Waals surface area contributed by atoms with Crippen LogP contribution in [0.3, 0.4) is 0 Å². The molecule has 1 aromatic heterocycles. The third-order valence-electron chi connectivity index (χ3n) is 5.68. The SMILES string of the molecule is CCOCCCN(CC(=O)N(Cc1ccccc1)Cc1cccn1C)C(=O)Nc1ccc(Cl)cc1Cl. The third-order valence-corrected chi connectivity index (χ3v) is 6.23. The van der Waals surface area contributed by atoms with E-state index in [4.69, 9.17) is 27.9 Å². The molecule has 0 aliphatic heterocycles. The van der Waals surface area contributed by atoms with E-state index in [-0.39, 0.29) is 12.5 Å². The van der Waals surface area contributed by atoms with E-state index in [1.807, 2.05) is 67.2 Å². The number of aromatic nitrogens is 1. The normalized spacial score (nSPS) is 10.8. The van der Waals surface area contributed by atoms with Gasteiger partial charge in [0.1, 0.15) is 6.54 Å². The highest BCUT2D eigenvalue weighted by atomic mass is 35.5. The molecule has 0 saturated heterocycles. The van der Waals surface area contributed by atoms with Gasteiger partial charge in [-0.1, -0.05) is 53.5 Å². The lowest BCUT2D eigenvalue weighted by molar-refractivity contribution is -0.133. The van der Waals surface area contributed by atoms with Crippen molar-refractivity contribution in [3.63, 3.8) is 0 Å². The summed E-state index contributed by atoms with van der Waals surface area (Å²) in [6, 6.07) is 18.2. The van der Waals surface area contributed by atoms with Gasteiger partial charge >= 0.3 is 6.03 Å². The molecule has 0 spiro atoms. The number of halogens is 2. The van der Waals surface area contributed by atoms with E-state index in [2.05, 4.69) is 5.32 Å². The molecule has 36 heavy (non-hydrogen) atoms. The highest BCUT2D eigenvalue weighted by Gasteiger charge is 2.23. The Morgan fingerprint density at radius 2 is 1.78 bits per heavy atom. The highest BCUT2D eigenvalue weighted by molar-refractivity contribution is 6.36. The predicted octanol–water partition coefficient (Wildman–Crippen LogP) is 5.82. The molecule has 0 saturated carbocycles. The fourth-order valence-electron chi connectivity index (χ4n) is 3.69. The molecule has 7 nitrogen and oxygen atoms in total. The maximum atomic E-state index is 13.6. The minimum Gasteiger partial charge on any atom is -0.382 e. The fraction of sp³-hybridized carbons (Fsp3) is 0.333. The number of rotatable bonds is 12. The van der Waals surface area contributed by atoms with E-state index in [0.29, 0.717) is 55.0 Å². The first kappa shape index (κ1) is 27.6. The minimum absolute atomic E-state index is 0.0829. The average molecular weight is 531 g/mol. The maximum Gasteiger partial charge on any atom is 0.322 e. The van der Waals surface area contributed by atoms with Crippen molar-refractivity contribution in [2.24, 2.45) is 7.05 Å². The molecule has 0 unspecified atom stereocenters. The van der Waals surface area contributed by atoms with Gasteiger partial charge < -0.3 is 24.4 Å². The van der Waals surface area contributed by atoms with E-state index in [0.717, 1.165) is 11.3 Å². The number of nitrogens with one attached hydrogen (secondary N) is 1. The first-order valence-electron chi connectivity index (χ1n) is 11.9. The van der Waals surface area contributed by atoms with E-state index in [1.54, 1.807) is 23.1 Å². The average Bonchev–Trinajstić information content (AvgIpc) is 3.27. The number of urea groups is 1. The number of aryl methyl sites for hydroxylation is 1. The number of benzene rings is 2. The summed E-state index contributed by atoms with van der Waals surface area (Å²) in [5, 5.41) is 3.60. The van der Waals surface area contributed by atoms with Crippen molar-refractivity contribution >= 4 is 40.8 Å². The molecular weight excluding hydrogens is 499 g/mol. The molecule has 0 aliphatic rings. The summed E-state index contributed by atoms with van der Waals surface area (Å²) in [4.78, 5) is 30.0. The Morgan fingerprint density at radius 3 is 2.44 bits per heavy atom. The van der Waals surface area contributed by atoms with Gasteiger partial charge in [0.15, 0.2) is 0 Å². The van der Waals surface area contributed by atoms with Gasteiger partial charge in [-0.2, -0.15) is 0 Å². The summed E-state index contributed by atoms with van der Waals surface area (Å²) in [6.45, 7) is 4.13. The summed E-state index contributed by atoms with van der Waals surface area (Å²) in [7, 11) is 1.95. The lowest BCUT2D eigenvalue weighted by atomic mass is 10.2. The predicted molar refractivity (Wildman–Crippen MR) is 144 cm³/mol. The van der Waals surface area contributed by atoms with Crippen LogP contribution in [0.25, 0.3) is 0 Å². The lowest BCUT2D eigenvalue weighted by Gasteiger charge is -2.28. The van der Waals surface area contributed by atoms with Crippen LogP contribution in [0.2, 0.25) is 10.0 Å². The van der Waals surface area contributed by atoms with Crippen LogP contribution < -0.4 is 5.32 Å². The smallest absolute Gasteiger partial charge is 0.322 e. The number of nitrogens with zero attached hydrogens (tertiary/aromatic N) is 3. The Bertz CT molecular complexity index is 1140. The first-order valence-corrected chi connectivity index (χ1v) is 12.6. The Morgan fingerprint density at radius 1 is 1.00 bits per heavy atom. The molecule has 9 heteroatoms. The van der Waals surface area contributed by atoms with E-state index in [1.165, 1.54) is 4.90 Å². The Kier molecular flexibility index (Phi) is 10.7. The van der Waals surface area contributed by atoms with Crippen LogP contribution in [0, 0.1) is 0 Å². The largest absolute Gasteiger partial charge is 0.382 e. The van der Waals surface area contributed by atoms with Gasteiger partial charge in [-0.25, -0.2) is 4.79 Å². The van der Waals surface area contributed by atoms with Gasteiger partial charge in [0.2, 0.25) is 5.91 Å². The van der Waals surface area contributed by atoms with Crippen molar-refractivity contribution in [3.05, 3.63) is 88.2 Å². The van der Waals surface area contributed by atoms with Crippen LogP contribution in [0.4, 0.5) is 10.5 Å². The van der Waals surface area contributed by atoms with Crippen molar-refractivity contribution in [1.29, 1.82) is 0 Å². The first-order chi connectivity index (χ1) is 17.4. The quantitative estimate of drug-likeness (QED) is 0.300. The molecule has 3 aromatic rings. The summed E-state index contributed by atoms with van der Waals surface area (Å²) in [5.74, 6) is -0.159. The zero-order valence-corrected chi connectivity index (χ0v) is 22.1. The Hall–Kier alpha value is -3.00. The number of amides is 3. The second kappa shape index (κ2) is 13.9. The van der Waals surface area contributed by atoms with Crippen molar-refractivity contribution in [2.75, 3.05) is 31.6 Å². The molecule has 1 N–H and O–H groups in total. The van der Waals surface area contributed by atoms with E-state index < -0.39 is 6.03 Å². The van der Waals surface area contributed by atoms with Gasteiger partial charge in [-0.05, 0) is 49.2 Å². The molecule has 3 amide bonds. The van der Waals surface area contributed by atoms with Gasteiger partial charge in [0, 0.05) is 50.3 Å². The summed E-state index contributed by atoms with van der Waals surface area (Å²) < 4.78 is 7.42. The standard InChI is InChI=1S/C27H32Cl2N4O3/c1-3-36-16-8-15-32(27(35)30-25-13-12-22(28)17-24(25)29)20-26(34)33(18-21-9-5-4-6-10-21)19-23-11-7-14-31(23)2/h4-7,9-14,17H,3,8,15-16,18-20H2,1-2H3,(H,30,35). The molecule has 0 aliphatic carbocycles. The number of ether oxygens (including phenoxy) is 1. The highest BCUT2D eigenvalue weighted by Crippen LogP contribution is 2.25. The number of hydrogen-bond acceptors (Lipinski definition) is 3. The van der Waals surface area contributed by atoms with Gasteiger partial charge in [0.25, 0.3) is 0 Å². The van der Waals surface area contributed by atoms with Crippen LogP contribution in [0.1, 0.15) is 24.6 Å². The minimum atomic E-state index is -0.414. The van der Waals surface area contributed by atoms with Crippen molar-refractivity contribution in [2.45, 2.75) is 26.4 Å². The second-order valence-electron chi connectivity index (χ2n) is 8.37. The Balaban J connectivity index is 1.77. The number of anilines is 1. The van der Waals surface area contributed by atoms with Crippen molar-refractivity contribution < 1.29 is 14.3 Å². The second-order valence-corrected chi connectivity index (χ2v) is 9.22. The molecule has 3 rings (SSSR count). The molecule has 0 atom stereocenters. The molecule has 0 radical (unpaired) electrons. The lowest BCUT2D eigenvalue weighted by Crippen LogP contribution is -2.45. The molecular formula is C27H32Cl2N4O3. The molecule has 1 heterocycles. The zero-order chi connectivity index (χ0) is 25.9. The third kappa shape index (κ3) is 8.29.